The second kappa shape index (κ2) is 11.0. The van der Waals surface area contributed by atoms with E-state index in [1.54, 1.807) is 6.07 Å². The lowest BCUT2D eigenvalue weighted by Gasteiger charge is -2.28. The number of nitrogens with one attached hydrogen (secondary N) is 2. The van der Waals surface area contributed by atoms with Gasteiger partial charge in [0.15, 0.2) is 5.56 Å². The van der Waals surface area contributed by atoms with Crippen molar-refractivity contribution in [3.63, 3.8) is 0 Å². The molecule has 0 unspecified atom stereocenters. The maximum absolute atomic E-state index is 14.4. The van der Waals surface area contributed by atoms with Crippen LogP contribution in [-0.2, 0) is 17.8 Å². The Kier molecular flexibility index (Phi) is 7.84. The van der Waals surface area contributed by atoms with E-state index in [1.807, 2.05) is 0 Å². The quantitative estimate of drug-likeness (QED) is 0.545. The highest BCUT2D eigenvalue weighted by Gasteiger charge is 2.26. The van der Waals surface area contributed by atoms with Gasteiger partial charge in [-0.2, -0.15) is 4.37 Å². The van der Waals surface area contributed by atoms with Gasteiger partial charge in [0.2, 0.25) is 5.88 Å². The van der Waals surface area contributed by atoms with Gasteiger partial charge in [-0.3, -0.25) is 5.32 Å². The number of amides is 2. The van der Waals surface area contributed by atoms with E-state index in [4.69, 9.17) is 14.2 Å². The summed E-state index contributed by atoms with van der Waals surface area (Å²) in [4.78, 5) is 27.1. The topological polar surface area (TPSA) is 102 Å². The number of methoxy groups -OCH3 is 1. The highest BCUT2D eigenvalue weighted by atomic mass is 32.1. The van der Waals surface area contributed by atoms with E-state index in [-0.39, 0.29) is 28.6 Å². The monoisotopic (exact) mass is 492 g/mol. The molecule has 9 nitrogen and oxygen atoms in total. The summed E-state index contributed by atoms with van der Waals surface area (Å²) in [6, 6.07) is 2.60. The highest BCUT2D eigenvalue weighted by Crippen LogP contribution is 2.33. The number of ether oxygens (including phenoxy) is 3. The number of carbonyl (C=O) groups is 2. The maximum atomic E-state index is 14.4. The molecule has 1 aromatic carbocycles. The minimum atomic E-state index is -0.705. The number of benzene rings is 1. The molecule has 1 aromatic heterocycles. The van der Waals surface area contributed by atoms with Gasteiger partial charge in [0.05, 0.1) is 13.7 Å². The van der Waals surface area contributed by atoms with Gasteiger partial charge in [-0.25, -0.2) is 14.0 Å². The molecule has 2 aliphatic rings. The Hall–Kier alpha value is -2.92. The molecule has 0 radical (unpaired) electrons. The molecule has 4 rings (SSSR count). The third-order valence-electron chi connectivity index (χ3n) is 6.18. The smallest absolute Gasteiger partial charge is 0.346 e. The Labute approximate surface area is 201 Å². The van der Waals surface area contributed by atoms with E-state index in [2.05, 4.69) is 27.0 Å². The van der Waals surface area contributed by atoms with Gasteiger partial charge in [-0.1, -0.05) is 0 Å². The fourth-order valence-corrected chi connectivity index (χ4v) is 4.84. The lowest BCUT2D eigenvalue weighted by Crippen LogP contribution is -2.34. The molecule has 3 heterocycles. The molecule has 0 spiro atoms. The third kappa shape index (κ3) is 5.76. The third-order valence-corrected chi connectivity index (χ3v) is 6.92. The first-order chi connectivity index (χ1) is 16.4. The zero-order valence-corrected chi connectivity index (χ0v) is 20.1. The van der Waals surface area contributed by atoms with Crippen molar-refractivity contribution in [2.45, 2.75) is 32.3 Å². The van der Waals surface area contributed by atoms with Crippen molar-refractivity contribution in [3.8, 4) is 11.6 Å². The molecule has 184 valence electrons. The first-order valence-corrected chi connectivity index (χ1v) is 12.1. The van der Waals surface area contributed by atoms with Gasteiger partial charge >= 0.3 is 12.0 Å². The fourth-order valence-electron chi connectivity index (χ4n) is 4.12. The van der Waals surface area contributed by atoms with Crippen LogP contribution in [0.1, 0.15) is 40.7 Å². The van der Waals surface area contributed by atoms with Crippen molar-refractivity contribution >= 4 is 28.5 Å². The normalized spacial score (nSPS) is 16.0. The molecule has 0 saturated carbocycles. The molecule has 11 heteroatoms. The molecule has 0 bridgehead atoms. The molecule has 34 heavy (non-hydrogen) atoms. The van der Waals surface area contributed by atoms with Gasteiger partial charge in [0.1, 0.15) is 23.2 Å². The SMILES string of the molecule is COC(=O)c1c(OCc2cc3c(cc2F)CCO3)nsc1NC(=O)NCCC1CCN(C)CC1. The van der Waals surface area contributed by atoms with Crippen LogP contribution >= 0.6 is 11.5 Å². The van der Waals surface area contributed by atoms with Crippen molar-refractivity contribution in [2.75, 3.05) is 45.7 Å². The summed E-state index contributed by atoms with van der Waals surface area (Å²) >= 11 is 0.898. The van der Waals surface area contributed by atoms with Crippen LogP contribution in [0.15, 0.2) is 12.1 Å². The maximum Gasteiger partial charge on any atom is 0.346 e. The molecule has 2 amide bonds. The standard InChI is InChI=1S/C23H29FN4O5S/c1-28-8-4-14(5-9-28)3-7-25-23(30)26-21-19(22(29)31-2)20(27-34-21)33-13-16-12-18-15(6-10-32-18)11-17(16)24/h11-12,14H,3-10,13H2,1-2H3,(H2,25,26,30). The summed E-state index contributed by atoms with van der Waals surface area (Å²) in [6.45, 7) is 3.05. The second-order valence-electron chi connectivity index (χ2n) is 8.54. The molecule has 0 aliphatic carbocycles. The molecule has 2 N–H and O–H groups in total. The van der Waals surface area contributed by atoms with Crippen molar-refractivity contribution in [2.24, 2.45) is 5.92 Å². The van der Waals surface area contributed by atoms with E-state index in [0.717, 1.165) is 49.4 Å². The van der Waals surface area contributed by atoms with Crippen LogP contribution in [0.3, 0.4) is 0 Å². The van der Waals surface area contributed by atoms with Gasteiger partial charge in [-0.15, -0.1) is 0 Å². The highest BCUT2D eigenvalue weighted by molar-refractivity contribution is 7.11. The molecular formula is C23H29FN4O5S. The largest absolute Gasteiger partial charge is 0.493 e. The number of urea groups is 1. The van der Waals surface area contributed by atoms with E-state index >= 15 is 0 Å². The van der Waals surface area contributed by atoms with Crippen molar-refractivity contribution in [3.05, 3.63) is 34.6 Å². The summed E-state index contributed by atoms with van der Waals surface area (Å²) in [6.07, 6.45) is 3.82. The van der Waals surface area contributed by atoms with Crippen LogP contribution in [0.25, 0.3) is 0 Å². The molecule has 2 aromatic rings. The summed E-state index contributed by atoms with van der Waals surface area (Å²) < 4.78 is 34.5. The number of likely N-dealkylation sites (tertiary alicyclic amines) is 1. The number of aromatic nitrogens is 1. The fraction of sp³-hybridized carbons (Fsp3) is 0.522. The van der Waals surface area contributed by atoms with Crippen LogP contribution in [0.2, 0.25) is 0 Å². The predicted octanol–water partition coefficient (Wildman–Crippen LogP) is 3.44. The number of nitrogens with zero attached hydrogens (tertiary/aromatic N) is 2. The summed E-state index contributed by atoms with van der Waals surface area (Å²) in [5.41, 5.74) is 1.10. The lowest BCUT2D eigenvalue weighted by atomic mass is 9.94. The molecule has 1 saturated heterocycles. The Morgan fingerprint density at radius 3 is 2.88 bits per heavy atom. The zero-order chi connectivity index (χ0) is 24.1. The number of anilines is 1. The van der Waals surface area contributed by atoms with Gasteiger partial charge in [-0.05, 0) is 69.0 Å². The first kappa shape index (κ1) is 24.2. The van der Waals surface area contributed by atoms with E-state index < -0.39 is 17.8 Å². The number of rotatable bonds is 8. The average Bonchev–Trinajstić information content (AvgIpc) is 3.44. The first-order valence-electron chi connectivity index (χ1n) is 11.3. The van der Waals surface area contributed by atoms with E-state index in [1.165, 1.54) is 13.2 Å². The minimum absolute atomic E-state index is 0.00390. The molecule has 0 atom stereocenters. The summed E-state index contributed by atoms with van der Waals surface area (Å²) in [5, 5.41) is 5.69. The van der Waals surface area contributed by atoms with Crippen LogP contribution in [0, 0.1) is 11.7 Å². The van der Waals surface area contributed by atoms with Crippen molar-refractivity contribution < 1.29 is 28.2 Å². The lowest BCUT2D eigenvalue weighted by molar-refractivity contribution is 0.0596. The van der Waals surface area contributed by atoms with Gasteiger partial charge in [0.25, 0.3) is 0 Å². The van der Waals surface area contributed by atoms with Crippen LogP contribution in [-0.4, -0.2) is 61.7 Å². The molecular weight excluding hydrogens is 463 g/mol. The van der Waals surface area contributed by atoms with Crippen molar-refractivity contribution in [1.29, 1.82) is 0 Å². The van der Waals surface area contributed by atoms with Gasteiger partial charge in [0, 0.05) is 24.1 Å². The summed E-state index contributed by atoms with van der Waals surface area (Å²) in [7, 11) is 3.34. The number of hydrogen-bond donors (Lipinski definition) is 2. The predicted molar refractivity (Wildman–Crippen MR) is 125 cm³/mol. The Morgan fingerprint density at radius 1 is 1.32 bits per heavy atom. The Morgan fingerprint density at radius 2 is 2.12 bits per heavy atom. The van der Waals surface area contributed by atoms with E-state index in [9.17, 15) is 14.0 Å². The Bertz CT molecular complexity index is 1040. The van der Waals surface area contributed by atoms with Crippen molar-refractivity contribution in [1.82, 2.24) is 14.6 Å². The van der Waals surface area contributed by atoms with Crippen LogP contribution < -0.4 is 20.1 Å². The van der Waals surface area contributed by atoms with Crippen LogP contribution in [0.5, 0.6) is 11.6 Å². The van der Waals surface area contributed by atoms with E-state index in [0.29, 0.717) is 31.2 Å². The number of piperidine rings is 1. The number of hydrogen-bond acceptors (Lipinski definition) is 8. The minimum Gasteiger partial charge on any atom is -0.493 e. The Balaban J connectivity index is 1.35. The number of halogens is 1. The zero-order valence-electron chi connectivity index (χ0n) is 19.3. The molecule has 2 aliphatic heterocycles. The average molecular weight is 493 g/mol. The number of carbonyl (C=O) groups excluding carboxylic acids is 2. The van der Waals surface area contributed by atoms with Crippen LogP contribution in [0.4, 0.5) is 14.2 Å². The number of fused-ring (bicyclic) bond motifs is 1. The second-order valence-corrected chi connectivity index (χ2v) is 9.31. The summed E-state index contributed by atoms with van der Waals surface area (Å²) in [5.74, 6) is 0.0742. The number of esters is 1. The molecule has 1 fully saturated rings. The van der Waals surface area contributed by atoms with Gasteiger partial charge < -0.3 is 24.4 Å².